The minimum atomic E-state index is -0.306. The predicted octanol–water partition coefficient (Wildman–Crippen LogP) is 2.50. The highest BCUT2D eigenvalue weighted by molar-refractivity contribution is 5.91. The van der Waals surface area contributed by atoms with Gasteiger partial charge in [0.15, 0.2) is 0 Å². The van der Waals surface area contributed by atoms with Crippen LogP contribution in [0.1, 0.15) is 6.92 Å². The van der Waals surface area contributed by atoms with Crippen molar-refractivity contribution in [3.05, 3.63) is 42.2 Å². The maximum absolute atomic E-state index is 12.8. The molecular formula is C13H13FN4O. The molecule has 19 heavy (non-hydrogen) atoms. The number of carbonyl (C=O) groups is 1. The van der Waals surface area contributed by atoms with Gasteiger partial charge in [-0.05, 0) is 36.4 Å². The van der Waals surface area contributed by atoms with Gasteiger partial charge in [-0.25, -0.2) is 9.37 Å². The molecule has 0 aliphatic rings. The number of hydrogen-bond acceptors (Lipinski definition) is 4. The molecule has 1 heterocycles. The maximum Gasteiger partial charge on any atom is 0.221 e. The Labute approximate surface area is 109 Å². The van der Waals surface area contributed by atoms with E-state index < -0.39 is 0 Å². The van der Waals surface area contributed by atoms with Crippen LogP contribution in [-0.2, 0) is 4.79 Å². The molecule has 6 heteroatoms. The third-order valence-electron chi connectivity index (χ3n) is 2.35. The normalized spacial score (nSPS) is 10.0. The van der Waals surface area contributed by atoms with Crippen molar-refractivity contribution >= 4 is 28.9 Å². The number of nitrogens with one attached hydrogen (secondary N) is 2. The molecule has 2 aromatic rings. The van der Waals surface area contributed by atoms with Crippen molar-refractivity contribution < 1.29 is 9.18 Å². The summed E-state index contributed by atoms with van der Waals surface area (Å²) in [5, 5.41) is 5.55. The van der Waals surface area contributed by atoms with Crippen LogP contribution in [0, 0.1) is 5.82 Å². The van der Waals surface area contributed by atoms with E-state index in [2.05, 4.69) is 15.6 Å². The lowest BCUT2D eigenvalue weighted by Gasteiger charge is -2.09. The van der Waals surface area contributed by atoms with E-state index in [4.69, 9.17) is 5.73 Å². The Hall–Kier alpha value is -2.63. The standard InChI is InChI=1S/C13H13FN4O/c1-8(19)16-11-6-7-12(18-13(11)15)17-10-4-2-9(14)3-5-10/h2-7H,1H3,(H,16,19)(H3,15,17,18). The Morgan fingerprint density at radius 1 is 1.21 bits per heavy atom. The SMILES string of the molecule is CC(=O)Nc1ccc(Nc2ccc(F)cc2)nc1N. The molecule has 0 aliphatic heterocycles. The van der Waals surface area contributed by atoms with E-state index in [9.17, 15) is 9.18 Å². The second-order valence-corrected chi connectivity index (χ2v) is 3.94. The molecular weight excluding hydrogens is 247 g/mol. The first-order valence-corrected chi connectivity index (χ1v) is 5.61. The molecule has 0 aliphatic carbocycles. The molecule has 1 amide bonds. The van der Waals surface area contributed by atoms with Gasteiger partial charge in [0.2, 0.25) is 5.91 Å². The van der Waals surface area contributed by atoms with Crippen LogP contribution in [0.3, 0.4) is 0 Å². The Balaban J connectivity index is 2.15. The van der Waals surface area contributed by atoms with E-state index in [0.29, 0.717) is 17.2 Å². The largest absolute Gasteiger partial charge is 0.382 e. The van der Waals surface area contributed by atoms with Crippen LogP contribution < -0.4 is 16.4 Å². The third kappa shape index (κ3) is 3.41. The van der Waals surface area contributed by atoms with Crippen molar-refractivity contribution in [1.29, 1.82) is 0 Å². The first-order valence-electron chi connectivity index (χ1n) is 5.61. The topological polar surface area (TPSA) is 80.0 Å². The molecule has 98 valence electrons. The van der Waals surface area contributed by atoms with Crippen LogP contribution in [0.15, 0.2) is 36.4 Å². The molecule has 0 fully saturated rings. The summed E-state index contributed by atoms with van der Waals surface area (Å²) in [7, 11) is 0. The fraction of sp³-hybridized carbons (Fsp3) is 0.0769. The lowest BCUT2D eigenvalue weighted by atomic mass is 10.3. The summed E-state index contributed by atoms with van der Waals surface area (Å²) in [5.41, 5.74) is 6.87. The van der Waals surface area contributed by atoms with Crippen LogP contribution in [0.2, 0.25) is 0 Å². The average Bonchev–Trinajstić information content (AvgIpc) is 2.35. The summed E-state index contributed by atoms with van der Waals surface area (Å²) in [6, 6.07) is 9.19. The highest BCUT2D eigenvalue weighted by Crippen LogP contribution is 2.21. The lowest BCUT2D eigenvalue weighted by Crippen LogP contribution is -2.09. The van der Waals surface area contributed by atoms with Crippen molar-refractivity contribution in [2.24, 2.45) is 0 Å². The van der Waals surface area contributed by atoms with Gasteiger partial charge >= 0.3 is 0 Å². The molecule has 0 spiro atoms. The molecule has 0 radical (unpaired) electrons. The average molecular weight is 260 g/mol. The molecule has 0 saturated heterocycles. The van der Waals surface area contributed by atoms with Crippen molar-refractivity contribution in [2.75, 3.05) is 16.4 Å². The zero-order valence-electron chi connectivity index (χ0n) is 10.3. The number of carbonyl (C=O) groups excluding carboxylic acids is 1. The van der Waals surface area contributed by atoms with E-state index in [1.807, 2.05) is 0 Å². The highest BCUT2D eigenvalue weighted by atomic mass is 19.1. The monoisotopic (exact) mass is 260 g/mol. The Morgan fingerprint density at radius 2 is 1.89 bits per heavy atom. The highest BCUT2D eigenvalue weighted by Gasteiger charge is 2.04. The van der Waals surface area contributed by atoms with Crippen molar-refractivity contribution in [3.63, 3.8) is 0 Å². The molecule has 1 aromatic carbocycles. The van der Waals surface area contributed by atoms with Crippen molar-refractivity contribution in [1.82, 2.24) is 4.98 Å². The quantitative estimate of drug-likeness (QED) is 0.792. The second-order valence-electron chi connectivity index (χ2n) is 3.94. The third-order valence-corrected chi connectivity index (χ3v) is 2.35. The summed E-state index contributed by atoms with van der Waals surface area (Å²) in [6.45, 7) is 1.39. The van der Waals surface area contributed by atoms with Crippen LogP contribution in [0.5, 0.6) is 0 Å². The van der Waals surface area contributed by atoms with Gasteiger partial charge in [-0.15, -0.1) is 0 Å². The number of nitrogen functional groups attached to an aromatic ring is 1. The second kappa shape index (κ2) is 5.34. The van der Waals surface area contributed by atoms with E-state index in [1.165, 1.54) is 19.1 Å². The van der Waals surface area contributed by atoms with E-state index in [1.54, 1.807) is 24.3 Å². The van der Waals surface area contributed by atoms with E-state index in [-0.39, 0.29) is 17.5 Å². The minimum absolute atomic E-state index is 0.210. The molecule has 0 bridgehead atoms. The summed E-state index contributed by atoms with van der Waals surface area (Å²) < 4.78 is 12.8. The van der Waals surface area contributed by atoms with Crippen LogP contribution in [-0.4, -0.2) is 10.9 Å². The number of rotatable bonds is 3. The maximum atomic E-state index is 12.8. The van der Waals surface area contributed by atoms with Crippen molar-refractivity contribution in [3.8, 4) is 0 Å². The number of benzene rings is 1. The zero-order chi connectivity index (χ0) is 13.8. The number of halogens is 1. The number of pyridine rings is 1. The summed E-state index contributed by atoms with van der Waals surface area (Å²) in [5.74, 6) is 0.201. The predicted molar refractivity (Wildman–Crippen MR) is 72.6 cm³/mol. The summed E-state index contributed by atoms with van der Waals surface area (Å²) >= 11 is 0. The fourth-order valence-electron chi connectivity index (χ4n) is 1.52. The van der Waals surface area contributed by atoms with Gasteiger partial charge in [0.05, 0.1) is 5.69 Å². The molecule has 2 rings (SSSR count). The molecule has 5 nitrogen and oxygen atoms in total. The molecule has 0 saturated carbocycles. The van der Waals surface area contributed by atoms with Gasteiger partial charge in [0, 0.05) is 12.6 Å². The smallest absolute Gasteiger partial charge is 0.221 e. The van der Waals surface area contributed by atoms with Gasteiger partial charge in [-0.1, -0.05) is 0 Å². The first-order chi connectivity index (χ1) is 9.04. The molecule has 0 unspecified atom stereocenters. The molecule has 4 N–H and O–H groups in total. The lowest BCUT2D eigenvalue weighted by molar-refractivity contribution is -0.114. The van der Waals surface area contributed by atoms with Crippen LogP contribution in [0.4, 0.5) is 27.4 Å². The van der Waals surface area contributed by atoms with Crippen molar-refractivity contribution in [2.45, 2.75) is 6.92 Å². The number of aromatic nitrogens is 1. The van der Waals surface area contributed by atoms with E-state index in [0.717, 1.165) is 0 Å². The molecule has 0 atom stereocenters. The number of nitrogens with zero attached hydrogens (tertiary/aromatic N) is 1. The number of hydrogen-bond donors (Lipinski definition) is 3. The Bertz CT molecular complexity index is 598. The van der Waals surface area contributed by atoms with E-state index >= 15 is 0 Å². The number of anilines is 4. The molecule has 1 aromatic heterocycles. The van der Waals surface area contributed by atoms with Gasteiger partial charge in [-0.2, -0.15) is 0 Å². The minimum Gasteiger partial charge on any atom is -0.382 e. The van der Waals surface area contributed by atoms with Gasteiger partial charge < -0.3 is 16.4 Å². The van der Waals surface area contributed by atoms with Gasteiger partial charge in [0.1, 0.15) is 17.5 Å². The number of amides is 1. The zero-order valence-corrected chi connectivity index (χ0v) is 10.3. The Morgan fingerprint density at radius 3 is 2.47 bits per heavy atom. The van der Waals surface area contributed by atoms with Gasteiger partial charge in [0.25, 0.3) is 0 Å². The van der Waals surface area contributed by atoms with Crippen LogP contribution in [0.25, 0.3) is 0 Å². The number of nitrogens with two attached hydrogens (primary N) is 1. The van der Waals surface area contributed by atoms with Crippen LogP contribution >= 0.6 is 0 Å². The summed E-state index contributed by atoms with van der Waals surface area (Å²) in [4.78, 5) is 15.0. The summed E-state index contributed by atoms with van der Waals surface area (Å²) in [6.07, 6.45) is 0. The van der Waals surface area contributed by atoms with Gasteiger partial charge in [-0.3, -0.25) is 4.79 Å². The first kappa shape index (κ1) is 12.8. The fourth-order valence-corrected chi connectivity index (χ4v) is 1.52. The Kier molecular flexibility index (Phi) is 3.61.